The van der Waals surface area contributed by atoms with Crippen LogP contribution in [-0.4, -0.2) is 36.5 Å². The van der Waals surface area contributed by atoms with Gasteiger partial charge in [0, 0.05) is 37.6 Å². The molecule has 1 aromatic carbocycles. The number of benzene rings is 1. The Balaban J connectivity index is 2.66. The van der Waals surface area contributed by atoms with Gasteiger partial charge in [0.2, 0.25) is 0 Å². The average Bonchev–Trinajstić information content (AvgIpc) is 2.34. The summed E-state index contributed by atoms with van der Waals surface area (Å²) in [7, 11) is 3.69. The van der Waals surface area contributed by atoms with E-state index in [1.54, 1.807) is 56.1 Å². The van der Waals surface area contributed by atoms with E-state index < -0.39 is 11.7 Å². The van der Waals surface area contributed by atoms with E-state index in [9.17, 15) is 9.59 Å². The first kappa shape index (κ1) is 16.8. The van der Waals surface area contributed by atoms with Gasteiger partial charge in [0.15, 0.2) is 5.78 Å². The third-order valence-electron chi connectivity index (χ3n) is 2.34. The van der Waals surface area contributed by atoms with E-state index in [-0.39, 0.29) is 5.78 Å². The van der Waals surface area contributed by atoms with Gasteiger partial charge in [-0.15, -0.1) is 0 Å². The monoisotopic (exact) mass is 290 g/mol. The Bertz CT molecular complexity index is 525. The topological polar surface area (TPSA) is 58.6 Å². The number of nitrogens with zero attached hydrogens (tertiary/aromatic N) is 1. The number of allylic oxidation sites excluding steroid dienone is 1. The maximum Gasteiger partial charge on any atom is 0.412 e. The van der Waals surface area contributed by atoms with Crippen LogP contribution in [0, 0.1) is 0 Å². The van der Waals surface area contributed by atoms with Crippen molar-refractivity contribution in [3.8, 4) is 0 Å². The quantitative estimate of drug-likeness (QED) is 0.683. The van der Waals surface area contributed by atoms with Crippen molar-refractivity contribution in [3.05, 3.63) is 42.1 Å². The van der Waals surface area contributed by atoms with E-state index in [1.807, 2.05) is 14.1 Å². The first-order valence-corrected chi connectivity index (χ1v) is 6.66. The first-order valence-electron chi connectivity index (χ1n) is 6.66. The Morgan fingerprint density at radius 3 is 2.19 bits per heavy atom. The lowest BCUT2D eigenvalue weighted by Gasteiger charge is -2.19. The molecule has 0 radical (unpaired) electrons. The largest absolute Gasteiger partial charge is 0.444 e. The number of carbonyl (C=O) groups excluding carboxylic acids is 2. The van der Waals surface area contributed by atoms with Crippen LogP contribution in [0.1, 0.15) is 31.1 Å². The minimum atomic E-state index is -0.545. The van der Waals surface area contributed by atoms with Gasteiger partial charge in [-0.1, -0.05) is 0 Å². The van der Waals surface area contributed by atoms with E-state index in [0.29, 0.717) is 11.3 Å². The summed E-state index contributed by atoms with van der Waals surface area (Å²) in [6, 6.07) is 6.66. The van der Waals surface area contributed by atoms with E-state index in [2.05, 4.69) is 5.32 Å². The summed E-state index contributed by atoms with van der Waals surface area (Å²) in [4.78, 5) is 25.2. The lowest BCUT2D eigenvalue weighted by atomic mass is 10.1. The van der Waals surface area contributed by atoms with Crippen LogP contribution in [0.2, 0.25) is 0 Å². The molecule has 0 unspecified atom stereocenters. The van der Waals surface area contributed by atoms with Crippen molar-refractivity contribution in [3.63, 3.8) is 0 Å². The van der Waals surface area contributed by atoms with Gasteiger partial charge in [-0.05, 0) is 45.0 Å². The molecule has 114 valence electrons. The number of rotatable bonds is 4. The molecule has 0 spiro atoms. The Morgan fingerprint density at radius 2 is 1.71 bits per heavy atom. The molecule has 21 heavy (non-hydrogen) atoms. The number of anilines is 1. The lowest BCUT2D eigenvalue weighted by Crippen LogP contribution is -2.27. The highest BCUT2D eigenvalue weighted by molar-refractivity contribution is 6.04. The zero-order valence-electron chi connectivity index (χ0n) is 13.1. The molecule has 0 saturated heterocycles. The number of ketones is 1. The second-order valence-corrected chi connectivity index (χ2v) is 5.85. The van der Waals surface area contributed by atoms with E-state index in [1.165, 1.54) is 6.08 Å². The van der Waals surface area contributed by atoms with E-state index in [4.69, 9.17) is 4.74 Å². The molecule has 1 N–H and O–H groups in total. The van der Waals surface area contributed by atoms with Crippen LogP contribution in [0.5, 0.6) is 0 Å². The third-order valence-corrected chi connectivity index (χ3v) is 2.34. The van der Waals surface area contributed by atoms with Crippen LogP contribution in [-0.2, 0) is 4.74 Å². The van der Waals surface area contributed by atoms with Gasteiger partial charge in [-0.3, -0.25) is 10.1 Å². The standard InChI is InChI=1S/C16H22N2O3/c1-16(2,3)21-15(20)17-13-8-6-12(7-9-13)14(19)10-11-18(4)5/h6-11H,1-5H3,(H,17,20)/b11-10+. The number of hydrogen-bond donors (Lipinski definition) is 1. The van der Waals surface area contributed by atoms with Crippen LogP contribution < -0.4 is 5.32 Å². The molecule has 0 atom stereocenters. The van der Waals surface area contributed by atoms with Gasteiger partial charge in [0.05, 0.1) is 0 Å². The molecule has 0 fully saturated rings. The second-order valence-electron chi connectivity index (χ2n) is 5.85. The van der Waals surface area contributed by atoms with Crippen molar-refractivity contribution in [2.45, 2.75) is 26.4 Å². The minimum absolute atomic E-state index is 0.0903. The molecule has 5 heteroatoms. The van der Waals surface area contributed by atoms with E-state index in [0.717, 1.165) is 0 Å². The van der Waals surface area contributed by atoms with Crippen molar-refractivity contribution >= 4 is 17.6 Å². The maximum atomic E-state index is 11.8. The summed E-state index contributed by atoms with van der Waals surface area (Å²) < 4.78 is 5.15. The van der Waals surface area contributed by atoms with Crippen LogP contribution in [0.3, 0.4) is 0 Å². The number of carbonyl (C=O) groups is 2. The molecule has 0 saturated carbocycles. The molecule has 1 aromatic rings. The molecular formula is C16H22N2O3. The zero-order valence-corrected chi connectivity index (χ0v) is 13.1. The Hall–Kier alpha value is -2.30. The van der Waals surface area contributed by atoms with Crippen molar-refractivity contribution in [2.75, 3.05) is 19.4 Å². The maximum absolute atomic E-state index is 11.8. The van der Waals surface area contributed by atoms with Crippen molar-refractivity contribution < 1.29 is 14.3 Å². The average molecular weight is 290 g/mol. The highest BCUT2D eigenvalue weighted by atomic mass is 16.6. The summed E-state index contributed by atoms with van der Waals surface area (Å²) in [6.07, 6.45) is 2.67. The predicted octanol–water partition coefficient (Wildman–Crippen LogP) is 3.29. The molecule has 0 aliphatic carbocycles. The highest BCUT2D eigenvalue weighted by Gasteiger charge is 2.16. The number of ether oxygens (including phenoxy) is 1. The smallest absolute Gasteiger partial charge is 0.412 e. The van der Waals surface area contributed by atoms with E-state index >= 15 is 0 Å². The van der Waals surface area contributed by atoms with Gasteiger partial charge in [0.1, 0.15) is 5.60 Å². The second kappa shape index (κ2) is 6.92. The fraction of sp³-hybridized carbons (Fsp3) is 0.375. The SMILES string of the molecule is CN(C)/C=C/C(=O)c1ccc(NC(=O)OC(C)(C)C)cc1. The summed E-state index contributed by atoms with van der Waals surface area (Å²) in [5.74, 6) is -0.0903. The van der Waals surface area contributed by atoms with Crippen molar-refractivity contribution in [2.24, 2.45) is 0 Å². The van der Waals surface area contributed by atoms with Crippen molar-refractivity contribution in [1.29, 1.82) is 0 Å². The van der Waals surface area contributed by atoms with Gasteiger partial charge >= 0.3 is 6.09 Å². The Labute approximate surface area is 125 Å². The number of amides is 1. The zero-order chi connectivity index (χ0) is 16.0. The highest BCUT2D eigenvalue weighted by Crippen LogP contribution is 2.13. The molecular weight excluding hydrogens is 268 g/mol. The molecule has 1 rings (SSSR count). The fourth-order valence-corrected chi connectivity index (χ4v) is 1.45. The minimum Gasteiger partial charge on any atom is -0.444 e. The van der Waals surface area contributed by atoms with Gasteiger partial charge in [-0.2, -0.15) is 0 Å². The fourth-order valence-electron chi connectivity index (χ4n) is 1.45. The van der Waals surface area contributed by atoms with Crippen LogP contribution in [0.25, 0.3) is 0 Å². The van der Waals surface area contributed by atoms with Gasteiger partial charge < -0.3 is 9.64 Å². The van der Waals surface area contributed by atoms with Crippen LogP contribution >= 0.6 is 0 Å². The lowest BCUT2D eigenvalue weighted by molar-refractivity contribution is 0.0636. The van der Waals surface area contributed by atoms with Crippen molar-refractivity contribution in [1.82, 2.24) is 4.90 Å². The number of nitrogens with one attached hydrogen (secondary N) is 1. The molecule has 0 aromatic heterocycles. The first-order chi connectivity index (χ1) is 9.67. The molecule has 0 bridgehead atoms. The summed E-state index contributed by atoms with van der Waals surface area (Å²) >= 11 is 0. The van der Waals surface area contributed by atoms with Crippen LogP contribution in [0.4, 0.5) is 10.5 Å². The Morgan fingerprint density at radius 1 is 1.14 bits per heavy atom. The Kier molecular flexibility index (Phi) is 5.52. The molecule has 1 amide bonds. The van der Waals surface area contributed by atoms with Gasteiger partial charge in [0.25, 0.3) is 0 Å². The predicted molar refractivity (Wildman–Crippen MR) is 83.5 cm³/mol. The normalized spacial score (nSPS) is 11.3. The molecule has 0 heterocycles. The summed E-state index contributed by atoms with van der Waals surface area (Å²) in [5, 5.41) is 2.62. The molecule has 5 nitrogen and oxygen atoms in total. The number of hydrogen-bond acceptors (Lipinski definition) is 4. The van der Waals surface area contributed by atoms with Crippen LogP contribution in [0.15, 0.2) is 36.5 Å². The summed E-state index contributed by atoms with van der Waals surface area (Å²) in [6.45, 7) is 5.39. The molecule has 0 aliphatic heterocycles. The molecule has 0 aliphatic rings. The van der Waals surface area contributed by atoms with Gasteiger partial charge in [-0.25, -0.2) is 4.79 Å². The summed E-state index contributed by atoms with van der Waals surface area (Å²) in [5.41, 5.74) is 0.594. The third kappa shape index (κ3) is 6.61.